The number of pyridine rings is 1. The van der Waals surface area contributed by atoms with Crippen molar-refractivity contribution in [3.8, 4) is 0 Å². The molecule has 0 bridgehead atoms. The Kier molecular flexibility index (Phi) is 1.92. The Morgan fingerprint density at radius 2 is 2.13 bits per heavy atom. The molecule has 0 amide bonds. The highest BCUT2D eigenvalue weighted by Crippen LogP contribution is 2.24. The number of hydrogen-bond donors (Lipinski definition) is 1. The molecule has 0 fully saturated rings. The fraction of sp³-hybridized carbons (Fsp3) is 0.400. The van der Waals surface area contributed by atoms with Crippen LogP contribution >= 0.6 is 0 Å². The minimum atomic E-state index is -0.622. The minimum Gasteiger partial charge on any atom is -0.389 e. The summed E-state index contributed by atoms with van der Waals surface area (Å²) in [6, 6.07) is 1.23. The van der Waals surface area contributed by atoms with Gasteiger partial charge in [-0.3, -0.25) is 4.98 Å². The minimum absolute atomic E-state index is 0.145. The van der Waals surface area contributed by atoms with Crippen LogP contribution in [0, 0.1) is 5.82 Å². The number of nitrogens with zero attached hydrogens (tertiary/aromatic N) is 1. The lowest BCUT2D eigenvalue weighted by atomic mass is 9.91. The Balaban J connectivity index is 2.77. The SMILES string of the molecule is CC(C)(C)c1nc2oc(=O)[nH]c2cc1F. The van der Waals surface area contributed by atoms with E-state index in [2.05, 4.69) is 9.97 Å². The Morgan fingerprint density at radius 3 is 2.73 bits per heavy atom. The number of H-pyrrole nitrogens is 1. The van der Waals surface area contributed by atoms with Gasteiger partial charge in [-0.1, -0.05) is 20.8 Å². The maximum atomic E-state index is 13.6. The van der Waals surface area contributed by atoms with E-state index in [-0.39, 0.29) is 16.9 Å². The largest absolute Gasteiger partial charge is 0.418 e. The van der Waals surface area contributed by atoms with E-state index in [4.69, 9.17) is 4.42 Å². The summed E-state index contributed by atoms with van der Waals surface area (Å²) < 4.78 is 18.4. The number of rotatable bonds is 0. The van der Waals surface area contributed by atoms with Crippen LogP contribution in [0.5, 0.6) is 0 Å². The van der Waals surface area contributed by atoms with Crippen molar-refractivity contribution in [1.29, 1.82) is 0 Å². The molecule has 0 atom stereocenters. The van der Waals surface area contributed by atoms with Gasteiger partial charge in [0.1, 0.15) is 11.3 Å². The molecule has 80 valence electrons. The zero-order valence-corrected chi connectivity index (χ0v) is 8.72. The normalized spacial score (nSPS) is 12.3. The van der Waals surface area contributed by atoms with E-state index >= 15 is 0 Å². The molecule has 0 radical (unpaired) electrons. The van der Waals surface area contributed by atoms with Gasteiger partial charge in [-0.05, 0) is 0 Å². The number of halogens is 1. The van der Waals surface area contributed by atoms with Crippen LogP contribution in [0.15, 0.2) is 15.3 Å². The van der Waals surface area contributed by atoms with Crippen molar-refractivity contribution >= 4 is 11.2 Å². The fourth-order valence-corrected chi connectivity index (χ4v) is 1.39. The molecule has 2 rings (SSSR count). The molecule has 2 aromatic heterocycles. The van der Waals surface area contributed by atoms with E-state index in [0.29, 0.717) is 0 Å². The van der Waals surface area contributed by atoms with Crippen molar-refractivity contribution in [1.82, 2.24) is 9.97 Å². The van der Waals surface area contributed by atoms with E-state index in [0.717, 1.165) is 0 Å². The Labute approximate surface area is 85.1 Å². The van der Waals surface area contributed by atoms with Gasteiger partial charge in [-0.15, -0.1) is 0 Å². The molecule has 0 spiro atoms. The number of oxazole rings is 1. The summed E-state index contributed by atoms with van der Waals surface area (Å²) in [7, 11) is 0. The Hall–Kier alpha value is -1.65. The van der Waals surface area contributed by atoms with Crippen LogP contribution in [0.25, 0.3) is 11.2 Å². The summed E-state index contributed by atoms with van der Waals surface area (Å²) in [6.45, 7) is 5.53. The number of hydrogen-bond acceptors (Lipinski definition) is 3. The lowest BCUT2D eigenvalue weighted by molar-refractivity contribution is 0.493. The predicted molar refractivity (Wildman–Crippen MR) is 53.3 cm³/mol. The van der Waals surface area contributed by atoms with Crippen LogP contribution < -0.4 is 5.76 Å². The summed E-state index contributed by atoms with van der Waals surface area (Å²) in [5.74, 6) is -1.06. The molecule has 0 aliphatic carbocycles. The van der Waals surface area contributed by atoms with Crippen LogP contribution in [-0.2, 0) is 5.41 Å². The van der Waals surface area contributed by atoms with Gasteiger partial charge in [0.05, 0.1) is 5.69 Å². The summed E-state index contributed by atoms with van der Waals surface area (Å²) in [5, 5.41) is 0. The Bertz CT molecular complexity index is 563. The summed E-state index contributed by atoms with van der Waals surface area (Å²) in [6.07, 6.45) is 0. The van der Waals surface area contributed by atoms with Crippen molar-refractivity contribution in [3.63, 3.8) is 0 Å². The van der Waals surface area contributed by atoms with E-state index < -0.39 is 17.0 Å². The van der Waals surface area contributed by atoms with Crippen molar-refractivity contribution in [2.45, 2.75) is 26.2 Å². The topological polar surface area (TPSA) is 58.9 Å². The zero-order valence-electron chi connectivity index (χ0n) is 8.72. The smallest absolute Gasteiger partial charge is 0.389 e. The van der Waals surface area contributed by atoms with Crippen molar-refractivity contribution in [2.75, 3.05) is 0 Å². The van der Waals surface area contributed by atoms with Crippen molar-refractivity contribution in [2.24, 2.45) is 0 Å². The predicted octanol–water partition coefficient (Wildman–Crippen LogP) is 1.95. The number of aromatic amines is 1. The fourth-order valence-electron chi connectivity index (χ4n) is 1.39. The lowest BCUT2D eigenvalue weighted by Crippen LogP contribution is -2.15. The van der Waals surface area contributed by atoms with E-state index in [9.17, 15) is 9.18 Å². The molecule has 5 heteroatoms. The van der Waals surface area contributed by atoms with Crippen molar-refractivity contribution < 1.29 is 8.81 Å². The van der Waals surface area contributed by atoms with Crippen molar-refractivity contribution in [3.05, 3.63) is 28.1 Å². The average Bonchev–Trinajstić information content (AvgIpc) is 2.40. The molecule has 1 N–H and O–H groups in total. The number of fused-ring (bicyclic) bond motifs is 1. The number of aromatic nitrogens is 2. The molecule has 2 heterocycles. The van der Waals surface area contributed by atoms with Gasteiger partial charge in [-0.25, -0.2) is 14.2 Å². The summed E-state index contributed by atoms with van der Waals surface area (Å²) >= 11 is 0. The third kappa shape index (κ3) is 1.65. The lowest BCUT2D eigenvalue weighted by Gasteiger charge is -2.17. The highest BCUT2D eigenvalue weighted by Gasteiger charge is 2.22. The average molecular weight is 210 g/mol. The standard InChI is InChI=1S/C10H11FN2O2/c1-10(2,3)7-5(11)4-6-8(13-7)15-9(14)12-6/h4H,1-3H3,(H,12,14). The number of nitrogens with one attached hydrogen (secondary N) is 1. The van der Waals surface area contributed by atoms with Gasteiger partial charge in [0, 0.05) is 11.5 Å². The third-order valence-corrected chi connectivity index (χ3v) is 2.08. The third-order valence-electron chi connectivity index (χ3n) is 2.08. The second kappa shape index (κ2) is 2.92. The molecule has 15 heavy (non-hydrogen) atoms. The van der Waals surface area contributed by atoms with Gasteiger partial charge in [-0.2, -0.15) is 0 Å². The molecule has 2 aromatic rings. The first-order chi connectivity index (χ1) is 6.88. The quantitative estimate of drug-likeness (QED) is 0.723. The highest BCUT2D eigenvalue weighted by atomic mass is 19.1. The monoisotopic (exact) mass is 210 g/mol. The van der Waals surface area contributed by atoms with Crippen LogP contribution in [0.1, 0.15) is 26.5 Å². The van der Waals surface area contributed by atoms with Gasteiger partial charge >= 0.3 is 5.76 Å². The Morgan fingerprint density at radius 1 is 1.47 bits per heavy atom. The van der Waals surface area contributed by atoms with Crippen LogP contribution in [-0.4, -0.2) is 9.97 Å². The van der Waals surface area contributed by atoms with Gasteiger partial charge in [0.2, 0.25) is 5.71 Å². The second-order valence-corrected chi connectivity index (χ2v) is 4.44. The molecule has 0 saturated heterocycles. The maximum Gasteiger partial charge on any atom is 0.418 e. The molecule has 4 nitrogen and oxygen atoms in total. The van der Waals surface area contributed by atoms with Gasteiger partial charge < -0.3 is 4.42 Å². The molecule has 0 aromatic carbocycles. The van der Waals surface area contributed by atoms with E-state index in [1.54, 1.807) is 0 Å². The maximum absolute atomic E-state index is 13.6. The molecule has 0 saturated carbocycles. The van der Waals surface area contributed by atoms with Crippen LogP contribution in [0.2, 0.25) is 0 Å². The molecule has 0 aliphatic rings. The molecule has 0 aliphatic heterocycles. The van der Waals surface area contributed by atoms with Gasteiger partial charge in [0.15, 0.2) is 0 Å². The molecular formula is C10H11FN2O2. The summed E-state index contributed by atoms with van der Waals surface area (Å²) in [5.41, 5.74) is 0.295. The van der Waals surface area contributed by atoms with Crippen LogP contribution in [0.3, 0.4) is 0 Å². The molecular weight excluding hydrogens is 199 g/mol. The first-order valence-electron chi connectivity index (χ1n) is 4.58. The van der Waals surface area contributed by atoms with E-state index in [1.165, 1.54) is 6.07 Å². The summed E-state index contributed by atoms with van der Waals surface area (Å²) in [4.78, 5) is 17.2. The zero-order chi connectivity index (χ0) is 11.2. The first kappa shape index (κ1) is 9.89. The first-order valence-corrected chi connectivity index (χ1v) is 4.58. The second-order valence-electron chi connectivity index (χ2n) is 4.44. The molecule has 0 unspecified atom stereocenters. The van der Waals surface area contributed by atoms with Gasteiger partial charge in [0.25, 0.3) is 0 Å². The van der Waals surface area contributed by atoms with Crippen LogP contribution in [0.4, 0.5) is 4.39 Å². The van der Waals surface area contributed by atoms with E-state index in [1.807, 2.05) is 20.8 Å². The highest BCUT2D eigenvalue weighted by molar-refractivity contribution is 5.67.